The molecule has 0 fully saturated rings. The van der Waals surface area contributed by atoms with Gasteiger partial charge in [0.25, 0.3) is 5.91 Å². The summed E-state index contributed by atoms with van der Waals surface area (Å²) < 4.78 is 11.4. The first kappa shape index (κ1) is 22.8. The molecule has 2 rings (SSSR count). The molecule has 0 saturated heterocycles. The Morgan fingerprint density at radius 1 is 1.34 bits per heavy atom. The highest BCUT2D eigenvalue weighted by atomic mass is 16.5. The number of hydrazine groups is 1. The highest BCUT2D eigenvalue weighted by molar-refractivity contribution is 6.00. The number of aliphatic imine (C=N–C) groups is 1. The average Bonchev–Trinajstić information content (AvgIpc) is 3.07. The van der Waals surface area contributed by atoms with E-state index in [0.717, 1.165) is 0 Å². The molecule has 1 amide bonds. The quantitative estimate of drug-likeness (QED) is 0.186. The van der Waals surface area contributed by atoms with Crippen molar-refractivity contribution in [2.24, 2.45) is 4.99 Å². The van der Waals surface area contributed by atoms with Crippen molar-refractivity contribution in [2.75, 3.05) is 26.4 Å². The molecule has 9 nitrogen and oxygen atoms in total. The second kappa shape index (κ2) is 10.9. The van der Waals surface area contributed by atoms with Gasteiger partial charge in [0.2, 0.25) is 5.90 Å². The van der Waals surface area contributed by atoms with Gasteiger partial charge < -0.3 is 24.8 Å². The standard InChI is InChI=1S/C20H29N3O6/c1-3-9-20(19(27)23-22-16(12-25)13-26)14(2)29-18(21-20)15-5-7-17(8-6-15)28-11-4-10-24/h3,5-8,14,16,22,24-26H,1,4,9-13H2,2H3,(H,23,27)/t14-,20-/m0/s1. The minimum Gasteiger partial charge on any atom is -0.494 e. The first-order valence-electron chi connectivity index (χ1n) is 9.50. The number of hydrogen-bond acceptors (Lipinski definition) is 8. The number of aliphatic hydroxyl groups excluding tert-OH is 3. The van der Waals surface area contributed by atoms with E-state index < -0.39 is 23.6 Å². The van der Waals surface area contributed by atoms with Crippen molar-refractivity contribution in [3.63, 3.8) is 0 Å². The summed E-state index contributed by atoms with van der Waals surface area (Å²) in [4.78, 5) is 17.4. The summed E-state index contributed by atoms with van der Waals surface area (Å²) in [5.74, 6) is 0.542. The fourth-order valence-electron chi connectivity index (χ4n) is 2.83. The van der Waals surface area contributed by atoms with E-state index >= 15 is 0 Å². The Labute approximate surface area is 170 Å². The molecule has 1 heterocycles. The maximum atomic E-state index is 12.9. The van der Waals surface area contributed by atoms with Crippen LogP contribution in [0.5, 0.6) is 5.75 Å². The van der Waals surface area contributed by atoms with Crippen LogP contribution in [0.15, 0.2) is 41.9 Å². The van der Waals surface area contributed by atoms with Gasteiger partial charge in [0.15, 0.2) is 5.54 Å². The van der Waals surface area contributed by atoms with Crippen molar-refractivity contribution in [2.45, 2.75) is 37.5 Å². The van der Waals surface area contributed by atoms with Gasteiger partial charge in [-0.15, -0.1) is 6.58 Å². The minimum atomic E-state index is -1.23. The van der Waals surface area contributed by atoms with Crippen LogP contribution in [0, 0.1) is 0 Å². The number of benzene rings is 1. The summed E-state index contributed by atoms with van der Waals surface area (Å²) in [5.41, 5.74) is 4.57. The maximum absolute atomic E-state index is 12.9. The number of hydrogen-bond donors (Lipinski definition) is 5. The van der Waals surface area contributed by atoms with Crippen LogP contribution in [0.1, 0.15) is 25.3 Å². The Kier molecular flexibility index (Phi) is 8.59. The normalized spacial score (nSPS) is 20.9. The summed E-state index contributed by atoms with van der Waals surface area (Å²) in [7, 11) is 0. The Hall–Kier alpha value is -2.46. The lowest BCUT2D eigenvalue weighted by Gasteiger charge is -2.27. The fraction of sp³-hybridized carbons (Fsp3) is 0.500. The van der Waals surface area contributed by atoms with E-state index in [1.54, 1.807) is 37.3 Å². The van der Waals surface area contributed by atoms with E-state index in [1.165, 1.54) is 0 Å². The highest BCUT2D eigenvalue weighted by Gasteiger charge is 2.49. The zero-order valence-corrected chi connectivity index (χ0v) is 16.5. The third-order valence-electron chi connectivity index (χ3n) is 4.61. The lowest BCUT2D eigenvalue weighted by atomic mass is 9.90. The molecule has 2 atom stereocenters. The number of aliphatic hydroxyl groups is 3. The molecule has 1 aromatic carbocycles. The molecule has 0 radical (unpaired) electrons. The summed E-state index contributed by atoms with van der Waals surface area (Å²) >= 11 is 0. The van der Waals surface area contributed by atoms with E-state index in [9.17, 15) is 4.79 Å². The molecule has 1 aliphatic heterocycles. The first-order valence-corrected chi connectivity index (χ1v) is 9.50. The molecule has 9 heteroatoms. The zero-order chi connectivity index (χ0) is 21.3. The van der Waals surface area contributed by atoms with Crippen LogP contribution < -0.4 is 15.6 Å². The predicted molar refractivity (Wildman–Crippen MR) is 108 cm³/mol. The van der Waals surface area contributed by atoms with Crippen LogP contribution in [0.4, 0.5) is 0 Å². The Bertz CT molecular complexity index is 705. The Morgan fingerprint density at radius 2 is 2.03 bits per heavy atom. The lowest BCUT2D eigenvalue weighted by Crippen LogP contribution is -2.57. The Balaban J connectivity index is 2.17. The summed E-state index contributed by atoms with van der Waals surface area (Å²) in [5, 5.41) is 27.1. The van der Waals surface area contributed by atoms with Gasteiger partial charge in [-0.05, 0) is 31.2 Å². The van der Waals surface area contributed by atoms with Crippen molar-refractivity contribution in [3.8, 4) is 5.75 Å². The van der Waals surface area contributed by atoms with Crippen molar-refractivity contribution in [1.82, 2.24) is 10.9 Å². The van der Waals surface area contributed by atoms with Crippen LogP contribution in [-0.4, -0.2) is 71.2 Å². The van der Waals surface area contributed by atoms with Crippen molar-refractivity contribution < 1.29 is 29.6 Å². The summed E-state index contributed by atoms with van der Waals surface area (Å²) in [6.45, 7) is 5.29. The second-order valence-electron chi connectivity index (χ2n) is 6.70. The molecule has 0 unspecified atom stereocenters. The van der Waals surface area contributed by atoms with Gasteiger partial charge in [0.1, 0.15) is 11.9 Å². The van der Waals surface area contributed by atoms with Crippen LogP contribution in [0.3, 0.4) is 0 Å². The van der Waals surface area contributed by atoms with Crippen LogP contribution in [-0.2, 0) is 9.53 Å². The SMILES string of the molecule is C=CC[C@]1(C(=O)NNC(CO)CO)N=C(c2ccc(OCCCO)cc2)O[C@H]1C. The monoisotopic (exact) mass is 407 g/mol. The van der Waals surface area contributed by atoms with Gasteiger partial charge >= 0.3 is 0 Å². The van der Waals surface area contributed by atoms with Gasteiger partial charge in [-0.2, -0.15) is 0 Å². The first-order chi connectivity index (χ1) is 14.0. The van der Waals surface area contributed by atoms with E-state index in [0.29, 0.717) is 30.2 Å². The van der Waals surface area contributed by atoms with Gasteiger partial charge in [-0.25, -0.2) is 10.4 Å². The van der Waals surface area contributed by atoms with Crippen LogP contribution in [0.2, 0.25) is 0 Å². The Morgan fingerprint density at radius 3 is 2.62 bits per heavy atom. The van der Waals surface area contributed by atoms with Gasteiger partial charge in [-0.1, -0.05) is 6.08 Å². The van der Waals surface area contributed by atoms with E-state index in [-0.39, 0.29) is 26.2 Å². The number of nitrogens with zero attached hydrogens (tertiary/aromatic N) is 1. The smallest absolute Gasteiger partial charge is 0.266 e. The molecular weight excluding hydrogens is 378 g/mol. The molecule has 1 aromatic rings. The van der Waals surface area contributed by atoms with E-state index in [1.807, 2.05) is 0 Å². The third kappa shape index (κ3) is 5.54. The van der Waals surface area contributed by atoms with Crippen molar-refractivity contribution in [1.29, 1.82) is 0 Å². The number of rotatable bonds is 12. The average molecular weight is 407 g/mol. The largest absolute Gasteiger partial charge is 0.494 e. The third-order valence-corrected chi connectivity index (χ3v) is 4.61. The lowest BCUT2D eigenvalue weighted by molar-refractivity contribution is -0.129. The van der Waals surface area contributed by atoms with E-state index in [4.69, 9.17) is 24.8 Å². The van der Waals surface area contributed by atoms with E-state index in [2.05, 4.69) is 22.4 Å². The molecule has 5 N–H and O–H groups in total. The second-order valence-corrected chi connectivity index (χ2v) is 6.70. The van der Waals surface area contributed by atoms with Gasteiger partial charge in [0.05, 0.1) is 25.9 Å². The molecular formula is C20H29N3O6. The van der Waals surface area contributed by atoms with Crippen LogP contribution in [0.25, 0.3) is 0 Å². The summed E-state index contributed by atoms with van der Waals surface area (Å²) in [6, 6.07) is 6.43. The minimum absolute atomic E-state index is 0.0697. The predicted octanol–water partition coefficient (Wildman–Crippen LogP) is -0.0980. The fourth-order valence-corrected chi connectivity index (χ4v) is 2.83. The molecule has 0 bridgehead atoms. The molecule has 0 saturated carbocycles. The number of amides is 1. The molecule has 0 aromatic heterocycles. The number of nitrogens with one attached hydrogen (secondary N) is 2. The van der Waals surface area contributed by atoms with Crippen molar-refractivity contribution in [3.05, 3.63) is 42.5 Å². The van der Waals surface area contributed by atoms with Crippen molar-refractivity contribution >= 4 is 11.8 Å². The molecule has 1 aliphatic rings. The maximum Gasteiger partial charge on any atom is 0.266 e. The zero-order valence-electron chi connectivity index (χ0n) is 16.5. The molecule has 0 aliphatic carbocycles. The molecule has 29 heavy (non-hydrogen) atoms. The topological polar surface area (TPSA) is 133 Å². The van der Waals surface area contributed by atoms with Crippen LogP contribution >= 0.6 is 0 Å². The van der Waals surface area contributed by atoms with Gasteiger partial charge in [0, 0.05) is 25.0 Å². The molecule has 160 valence electrons. The number of ether oxygens (including phenoxy) is 2. The van der Waals surface area contributed by atoms with Gasteiger partial charge in [-0.3, -0.25) is 10.2 Å². The molecule has 0 spiro atoms. The highest BCUT2D eigenvalue weighted by Crippen LogP contribution is 2.32. The summed E-state index contributed by atoms with van der Waals surface area (Å²) in [6.07, 6.45) is 1.84. The number of carbonyl (C=O) groups is 1. The number of carbonyl (C=O) groups excluding carboxylic acids is 1.